The number of rotatable bonds is 5. The molecular formula is C21H15N3O4. The largest absolute Gasteiger partial charge is 0.497 e. The number of hydrogen-bond acceptors (Lipinski definition) is 6. The summed E-state index contributed by atoms with van der Waals surface area (Å²) >= 11 is 0. The molecule has 4 aromatic rings. The third-order valence-electron chi connectivity index (χ3n) is 4.17. The summed E-state index contributed by atoms with van der Waals surface area (Å²) in [6.07, 6.45) is 1.65. The van der Waals surface area contributed by atoms with Crippen molar-refractivity contribution in [3.05, 3.63) is 82.4 Å². The van der Waals surface area contributed by atoms with Gasteiger partial charge in [-0.3, -0.25) is 15.1 Å². The number of methoxy groups -OCH3 is 1. The van der Waals surface area contributed by atoms with Crippen LogP contribution >= 0.6 is 0 Å². The minimum Gasteiger partial charge on any atom is -0.497 e. The van der Waals surface area contributed by atoms with Gasteiger partial charge >= 0.3 is 0 Å². The summed E-state index contributed by atoms with van der Waals surface area (Å²) in [5, 5.41) is 10.7. The Morgan fingerprint density at radius 1 is 1.07 bits per heavy atom. The molecule has 1 aromatic heterocycles. The van der Waals surface area contributed by atoms with E-state index in [0.29, 0.717) is 22.7 Å². The highest BCUT2D eigenvalue weighted by Gasteiger charge is 2.09. The molecule has 7 nitrogen and oxygen atoms in total. The smallest absolute Gasteiger partial charge is 0.269 e. The lowest BCUT2D eigenvalue weighted by Gasteiger charge is -1.99. The van der Waals surface area contributed by atoms with E-state index < -0.39 is 4.92 Å². The number of nitro groups is 1. The van der Waals surface area contributed by atoms with Crippen LogP contribution in [0.3, 0.4) is 0 Å². The van der Waals surface area contributed by atoms with Crippen LogP contribution in [0.5, 0.6) is 5.75 Å². The van der Waals surface area contributed by atoms with Gasteiger partial charge in [-0.2, -0.15) is 0 Å². The molecule has 0 unspecified atom stereocenters. The quantitative estimate of drug-likeness (QED) is 0.274. The van der Waals surface area contributed by atoms with Crippen molar-refractivity contribution < 1.29 is 14.1 Å². The van der Waals surface area contributed by atoms with Crippen molar-refractivity contribution in [2.45, 2.75) is 0 Å². The summed E-state index contributed by atoms with van der Waals surface area (Å²) in [4.78, 5) is 19.2. The zero-order valence-electron chi connectivity index (χ0n) is 14.9. The molecule has 0 bridgehead atoms. The Kier molecular flexibility index (Phi) is 4.55. The summed E-state index contributed by atoms with van der Waals surface area (Å²) in [7, 11) is 1.62. The fraction of sp³-hybridized carbons (Fsp3) is 0.0476. The zero-order chi connectivity index (χ0) is 19.5. The van der Waals surface area contributed by atoms with Crippen molar-refractivity contribution >= 4 is 28.7 Å². The van der Waals surface area contributed by atoms with Crippen LogP contribution in [0.25, 0.3) is 22.6 Å². The molecule has 0 atom stereocenters. The maximum absolute atomic E-state index is 10.7. The highest BCUT2D eigenvalue weighted by Crippen LogP contribution is 2.28. The number of aliphatic imine (C=N–C) groups is 1. The minimum absolute atomic E-state index is 0.0484. The molecule has 0 saturated carbocycles. The second-order valence-corrected chi connectivity index (χ2v) is 6.01. The minimum atomic E-state index is -0.431. The van der Waals surface area contributed by atoms with Crippen molar-refractivity contribution in [1.82, 2.24) is 4.98 Å². The lowest BCUT2D eigenvalue weighted by molar-refractivity contribution is -0.384. The molecule has 0 radical (unpaired) electrons. The van der Waals surface area contributed by atoms with Gasteiger partial charge < -0.3 is 9.15 Å². The van der Waals surface area contributed by atoms with Crippen molar-refractivity contribution in [2.24, 2.45) is 4.99 Å². The van der Waals surface area contributed by atoms with Gasteiger partial charge in [-0.25, -0.2) is 4.98 Å². The summed E-state index contributed by atoms with van der Waals surface area (Å²) in [6, 6.07) is 19.1. The first kappa shape index (κ1) is 17.4. The molecule has 0 fully saturated rings. The van der Waals surface area contributed by atoms with Gasteiger partial charge in [0.1, 0.15) is 11.3 Å². The predicted molar refractivity (Wildman–Crippen MR) is 106 cm³/mol. The Hall–Kier alpha value is -4.00. The van der Waals surface area contributed by atoms with Gasteiger partial charge in [0.25, 0.3) is 5.69 Å². The maximum Gasteiger partial charge on any atom is 0.269 e. The molecule has 28 heavy (non-hydrogen) atoms. The normalized spacial score (nSPS) is 11.2. The molecule has 0 amide bonds. The lowest BCUT2D eigenvalue weighted by Crippen LogP contribution is -1.88. The molecule has 4 rings (SSSR count). The monoisotopic (exact) mass is 373 g/mol. The molecule has 0 aliphatic heterocycles. The first-order valence-corrected chi connectivity index (χ1v) is 8.46. The Morgan fingerprint density at radius 3 is 2.50 bits per heavy atom. The number of nitrogens with zero attached hydrogens (tertiary/aromatic N) is 3. The number of non-ortho nitro benzene ring substituents is 1. The number of hydrogen-bond donors (Lipinski definition) is 0. The Morgan fingerprint density at radius 2 is 1.82 bits per heavy atom. The highest BCUT2D eigenvalue weighted by atomic mass is 16.6. The SMILES string of the molecule is COc1ccc(-c2nc3cc(N=Cc4ccc([N+](=O)[O-])cc4)ccc3o2)cc1. The second kappa shape index (κ2) is 7.32. The van der Waals surface area contributed by atoms with Crippen molar-refractivity contribution in [3.63, 3.8) is 0 Å². The van der Waals surface area contributed by atoms with Crippen molar-refractivity contribution in [3.8, 4) is 17.2 Å². The number of aromatic nitrogens is 1. The van der Waals surface area contributed by atoms with E-state index in [0.717, 1.165) is 16.9 Å². The fourth-order valence-electron chi connectivity index (χ4n) is 2.68. The topological polar surface area (TPSA) is 90.8 Å². The second-order valence-electron chi connectivity index (χ2n) is 6.01. The van der Waals surface area contributed by atoms with E-state index in [9.17, 15) is 10.1 Å². The van der Waals surface area contributed by atoms with Crippen LogP contribution in [0, 0.1) is 10.1 Å². The molecule has 138 valence electrons. The number of ether oxygens (including phenoxy) is 1. The maximum atomic E-state index is 10.7. The molecule has 1 heterocycles. The van der Waals surface area contributed by atoms with Gasteiger partial charge in [0.2, 0.25) is 5.89 Å². The van der Waals surface area contributed by atoms with E-state index in [1.54, 1.807) is 25.5 Å². The number of fused-ring (bicyclic) bond motifs is 1. The van der Waals surface area contributed by atoms with Crippen LogP contribution in [-0.4, -0.2) is 23.2 Å². The molecule has 0 N–H and O–H groups in total. The first-order valence-electron chi connectivity index (χ1n) is 8.46. The van der Waals surface area contributed by atoms with Crippen LogP contribution in [0.15, 0.2) is 76.1 Å². The third kappa shape index (κ3) is 3.59. The number of nitro benzene ring substituents is 1. The Labute approximate surface area is 160 Å². The predicted octanol–water partition coefficient (Wildman–Crippen LogP) is 5.16. The van der Waals surface area contributed by atoms with Crippen LogP contribution in [0.2, 0.25) is 0 Å². The van der Waals surface area contributed by atoms with E-state index in [1.165, 1.54) is 12.1 Å². The molecule has 0 aliphatic rings. The number of benzene rings is 3. The van der Waals surface area contributed by atoms with Gasteiger partial charge in [-0.05, 0) is 60.2 Å². The van der Waals surface area contributed by atoms with E-state index in [1.807, 2.05) is 42.5 Å². The van der Waals surface area contributed by atoms with E-state index >= 15 is 0 Å². The average Bonchev–Trinajstić information content (AvgIpc) is 3.16. The Bertz CT molecular complexity index is 1160. The first-order chi connectivity index (χ1) is 13.6. The molecule has 0 spiro atoms. The van der Waals surface area contributed by atoms with Crippen LogP contribution in [-0.2, 0) is 0 Å². The molecule has 0 aliphatic carbocycles. The summed E-state index contributed by atoms with van der Waals surface area (Å²) in [5.74, 6) is 1.29. The lowest BCUT2D eigenvalue weighted by atomic mass is 10.2. The van der Waals surface area contributed by atoms with Crippen molar-refractivity contribution in [2.75, 3.05) is 7.11 Å². The van der Waals surface area contributed by atoms with Gasteiger partial charge in [0, 0.05) is 23.9 Å². The Balaban J connectivity index is 1.58. The van der Waals surface area contributed by atoms with Gasteiger partial charge in [0.05, 0.1) is 17.7 Å². The van der Waals surface area contributed by atoms with Gasteiger partial charge in [-0.15, -0.1) is 0 Å². The molecule has 0 saturated heterocycles. The van der Waals surface area contributed by atoms with Gasteiger partial charge in [-0.1, -0.05) is 0 Å². The van der Waals surface area contributed by atoms with Crippen LogP contribution < -0.4 is 4.74 Å². The standard InChI is InChI=1S/C21H15N3O4/c1-27-18-9-4-15(5-10-18)21-23-19-12-16(6-11-20(19)28-21)22-13-14-2-7-17(8-3-14)24(25)26/h2-13H,1H3. The van der Waals surface area contributed by atoms with Crippen molar-refractivity contribution in [1.29, 1.82) is 0 Å². The summed E-state index contributed by atoms with van der Waals surface area (Å²) in [5.41, 5.74) is 3.75. The van der Waals surface area contributed by atoms with E-state index in [-0.39, 0.29) is 5.69 Å². The fourth-order valence-corrected chi connectivity index (χ4v) is 2.68. The number of oxazole rings is 1. The van der Waals surface area contributed by atoms with E-state index in [2.05, 4.69) is 9.98 Å². The molecular weight excluding hydrogens is 358 g/mol. The zero-order valence-corrected chi connectivity index (χ0v) is 14.9. The molecule has 3 aromatic carbocycles. The van der Waals surface area contributed by atoms with Gasteiger partial charge in [0.15, 0.2) is 5.58 Å². The third-order valence-corrected chi connectivity index (χ3v) is 4.17. The van der Waals surface area contributed by atoms with Crippen LogP contribution in [0.4, 0.5) is 11.4 Å². The van der Waals surface area contributed by atoms with E-state index in [4.69, 9.17) is 9.15 Å². The van der Waals surface area contributed by atoms with Crippen LogP contribution in [0.1, 0.15) is 5.56 Å². The summed E-state index contributed by atoms with van der Waals surface area (Å²) in [6.45, 7) is 0. The highest BCUT2D eigenvalue weighted by molar-refractivity contribution is 5.85. The molecule has 7 heteroatoms. The summed E-state index contributed by atoms with van der Waals surface area (Å²) < 4.78 is 11.0. The average molecular weight is 373 g/mol.